The quantitative estimate of drug-likeness (QED) is 0.381. The van der Waals surface area contributed by atoms with Gasteiger partial charge in [0, 0.05) is 30.9 Å². The zero-order chi connectivity index (χ0) is 19.6. The Morgan fingerprint density at radius 1 is 0.815 bits per heavy atom. The average Bonchev–Trinajstić information content (AvgIpc) is 2.71. The van der Waals surface area contributed by atoms with Gasteiger partial charge in [0.05, 0.1) is 6.42 Å². The first-order valence-corrected chi connectivity index (χ1v) is 8.29. The Morgan fingerprint density at radius 2 is 1.26 bits per heavy atom. The number of rotatable bonds is 9. The number of hydrogen-bond donors (Lipinski definition) is 0. The molecule has 2 unspecified atom stereocenters. The van der Waals surface area contributed by atoms with Gasteiger partial charge in [-0.1, -0.05) is 67.2 Å². The molecule has 6 heteroatoms. The predicted octanol–water partition coefficient (Wildman–Crippen LogP) is 3.71. The number of hydrogen-bond acceptors (Lipinski definition) is 6. The number of methoxy groups -OCH3 is 2. The molecule has 2 rings (SSSR count). The van der Waals surface area contributed by atoms with Gasteiger partial charge in [0.25, 0.3) is 0 Å². The van der Waals surface area contributed by atoms with Crippen LogP contribution < -0.4 is 0 Å². The number of esters is 2. The molecule has 0 amide bonds. The van der Waals surface area contributed by atoms with Gasteiger partial charge < -0.3 is 18.9 Å². The molecule has 0 aliphatic heterocycles. The van der Waals surface area contributed by atoms with E-state index in [-0.39, 0.29) is 12.0 Å². The van der Waals surface area contributed by atoms with Gasteiger partial charge in [-0.15, -0.1) is 0 Å². The Hall–Kier alpha value is -2.96. The van der Waals surface area contributed by atoms with Gasteiger partial charge >= 0.3 is 11.9 Å². The first-order valence-electron chi connectivity index (χ1n) is 8.29. The molecule has 0 N–H and O–H groups in total. The summed E-state index contributed by atoms with van der Waals surface area (Å²) in [6.45, 7) is 3.61. The summed E-state index contributed by atoms with van der Waals surface area (Å²) in [7, 11) is 2.85. The highest BCUT2D eigenvalue weighted by molar-refractivity contribution is 5.93. The van der Waals surface area contributed by atoms with E-state index in [1.54, 1.807) is 48.5 Å². The molecule has 6 nitrogen and oxygen atoms in total. The summed E-state index contributed by atoms with van der Waals surface area (Å²) in [5.41, 5.74) is 1.32. The highest BCUT2D eigenvalue weighted by Gasteiger charge is 2.22. The molecule has 2 atom stereocenters. The Morgan fingerprint density at radius 3 is 1.70 bits per heavy atom. The summed E-state index contributed by atoms with van der Waals surface area (Å²) in [5.74, 6) is -1.39. The van der Waals surface area contributed by atoms with Gasteiger partial charge in [-0.2, -0.15) is 0 Å². The smallest absolute Gasteiger partial charge is 0.336 e. The molecule has 0 fully saturated rings. The van der Waals surface area contributed by atoms with E-state index in [0.29, 0.717) is 11.1 Å². The third-order valence-corrected chi connectivity index (χ3v) is 3.67. The minimum absolute atomic E-state index is 0.0408. The van der Waals surface area contributed by atoms with Crippen molar-refractivity contribution in [3.63, 3.8) is 0 Å². The van der Waals surface area contributed by atoms with E-state index in [9.17, 15) is 9.59 Å². The van der Waals surface area contributed by atoms with Crippen LogP contribution in [0.2, 0.25) is 0 Å². The van der Waals surface area contributed by atoms with Crippen LogP contribution in [-0.2, 0) is 28.5 Å². The summed E-state index contributed by atoms with van der Waals surface area (Å²) < 4.78 is 20.9. The van der Waals surface area contributed by atoms with Gasteiger partial charge in [0.2, 0.25) is 12.6 Å². The molecule has 0 spiro atoms. The molecule has 0 saturated carbocycles. The van der Waals surface area contributed by atoms with Gasteiger partial charge in [-0.05, 0) is 0 Å². The fourth-order valence-corrected chi connectivity index (χ4v) is 2.31. The molecule has 0 heterocycles. The van der Waals surface area contributed by atoms with Crippen molar-refractivity contribution in [2.24, 2.45) is 0 Å². The molecular formula is C21H22O6. The summed E-state index contributed by atoms with van der Waals surface area (Å²) >= 11 is 0. The summed E-state index contributed by atoms with van der Waals surface area (Å²) in [6.07, 6.45) is -2.07. The highest BCUT2D eigenvalue weighted by Crippen LogP contribution is 2.22. The molecule has 0 aromatic heterocycles. The molecule has 2 aromatic rings. The van der Waals surface area contributed by atoms with E-state index >= 15 is 0 Å². The van der Waals surface area contributed by atoms with E-state index in [1.807, 2.05) is 12.1 Å². The minimum atomic E-state index is -0.887. The Labute approximate surface area is 158 Å². The van der Waals surface area contributed by atoms with Crippen molar-refractivity contribution in [1.82, 2.24) is 0 Å². The molecule has 2 aromatic carbocycles. The largest absolute Gasteiger partial charge is 0.431 e. The third kappa shape index (κ3) is 6.06. The lowest BCUT2D eigenvalue weighted by molar-refractivity contribution is -0.178. The normalized spacial score (nSPS) is 12.7. The third-order valence-electron chi connectivity index (χ3n) is 3.67. The van der Waals surface area contributed by atoms with Crippen LogP contribution in [0.4, 0.5) is 0 Å². The van der Waals surface area contributed by atoms with Gasteiger partial charge in [-0.25, -0.2) is 4.79 Å². The standard InChI is InChI=1S/C21H22O6/c1-15(19(23)27-21(25-3)17-12-8-5-9-13-17)14-18(22)26-20(24-2)16-10-6-4-7-11-16/h4-13,20-21H,1,14H2,2-3H3. The lowest BCUT2D eigenvalue weighted by Crippen LogP contribution is -2.18. The molecule has 27 heavy (non-hydrogen) atoms. The zero-order valence-corrected chi connectivity index (χ0v) is 15.3. The number of ether oxygens (including phenoxy) is 4. The van der Waals surface area contributed by atoms with Gasteiger partial charge in [0.1, 0.15) is 0 Å². The van der Waals surface area contributed by atoms with Crippen molar-refractivity contribution in [3.8, 4) is 0 Å². The summed E-state index contributed by atoms with van der Waals surface area (Å²) in [6, 6.07) is 18.0. The number of carbonyl (C=O) groups is 2. The van der Waals surface area contributed by atoms with Crippen molar-refractivity contribution in [2.75, 3.05) is 14.2 Å². The van der Waals surface area contributed by atoms with Gasteiger partial charge in [-0.3, -0.25) is 4.79 Å². The van der Waals surface area contributed by atoms with Crippen LogP contribution in [0, 0.1) is 0 Å². The highest BCUT2D eigenvalue weighted by atomic mass is 16.7. The van der Waals surface area contributed by atoms with E-state index in [4.69, 9.17) is 18.9 Å². The van der Waals surface area contributed by atoms with Crippen LogP contribution in [-0.4, -0.2) is 26.2 Å². The van der Waals surface area contributed by atoms with E-state index in [1.165, 1.54) is 14.2 Å². The van der Waals surface area contributed by atoms with Crippen LogP contribution >= 0.6 is 0 Å². The fourth-order valence-electron chi connectivity index (χ4n) is 2.31. The lowest BCUT2D eigenvalue weighted by atomic mass is 10.2. The molecule has 0 aliphatic carbocycles. The first-order chi connectivity index (χ1) is 13.0. The Bertz CT molecular complexity index is 757. The number of benzene rings is 2. The predicted molar refractivity (Wildman–Crippen MR) is 98.3 cm³/mol. The molecule has 0 bridgehead atoms. The van der Waals surface area contributed by atoms with Gasteiger partial charge in [0.15, 0.2) is 0 Å². The Kier molecular flexibility index (Phi) is 7.73. The second kappa shape index (κ2) is 10.3. The van der Waals surface area contributed by atoms with Crippen LogP contribution in [0.25, 0.3) is 0 Å². The van der Waals surface area contributed by atoms with Crippen molar-refractivity contribution in [3.05, 3.63) is 83.9 Å². The maximum absolute atomic E-state index is 12.2. The van der Waals surface area contributed by atoms with Crippen molar-refractivity contribution < 1.29 is 28.5 Å². The molecular weight excluding hydrogens is 348 g/mol. The van der Waals surface area contributed by atoms with Crippen LogP contribution in [0.1, 0.15) is 30.1 Å². The topological polar surface area (TPSA) is 71.1 Å². The molecule has 0 aliphatic rings. The molecule has 142 valence electrons. The average molecular weight is 370 g/mol. The zero-order valence-electron chi connectivity index (χ0n) is 15.3. The van der Waals surface area contributed by atoms with Crippen molar-refractivity contribution in [2.45, 2.75) is 19.0 Å². The van der Waals surface area contributed by atoms with Crippen molar-refractivity contribution >= 4 is 11.9 Å². The van der Waals surface area contributed by atoms with E-state index in [0.717, 1.165) is 0 Å². The summed E-state index contributed by atoms with van der Waals surface area (Å²) in [5, 5.41) is 0. The fraction of sp³-hybridized carbons (Fsp3) is 0.238. The second-order valence-corrected chi connectivity index (χ2v) is 5.63. The van der Waals surface area contributed by atoms with Crippen LogP contribution in [0.3, 0.4) is 0 Å². The van der Waals surface area contributed by atoms with E-state index in [2.05, 4.69) is 6.58 Å². The maximum atomic E-state index is 12.2. The van der Waals surface area contributed by atoms with Crippen molar-refractivity contribution in [1.29, 1.82) is 0 Å². The lowest BCUT2D eigenvalue weighted by Gasteiger charge is -2.18. The first kappa shape index (κ1) is 20.4. The van der Waals surface area contributed by atoms with Crippen LogP contribution in [0.5, 0.6) is 0 Å². The Balaban J connectivity index is 1.91. The van der Waals surface area contributed by atoms with Crippen LogP contribution in [0.15, 0.2) is 72.8 Å². The minimum Gasteiger partial charge on any atom is -0.431 e. The SMILES string of the molecule is C=C(CC(=O)OC(OC)c1ccccc1)C(=O)OC(OC)c1ccccc1. The maximum Gasteiger partial charge on any atom is 0.336 e. The number of carbonyl (C=O) groups excluding carboxylic acids is 2. The molecule has 0 radical (unpaired) electrons. The summed E-state index contributed by atoms with van der Waals surface area (Å²) in [4.78, 5) is 24.3. The monoisotopic (exact) mass is 370 g/mol. The van der Waals surface area contributed by atoms with E-state index < -0.39 is 24.5 Å². The molecule has 0 saturated heterocycles. The second-order valence-electron chi connectivity index (χ2n) is 5.63.